The van der Waals surface area contributed by atoms with Crippen molar-refractivity contribution in [3.05, 3.63) is 24.0 Å². The number of aromatic nitrogens is 1. The minimum absolute atomic E-state index is 0.191. The predicted octanol–water partition coefficient (Wildman–Crippen LogP) is 2.03. The Morgan fingerprint density at radius 1 is 1.65 bits per heavy atom. The van der Waals surface area contributed by atoms with Crippen molar-refractivity contribution in [2.45, 2.75) is 27.2 Å². The SMILES string of the molecule is CCC(C)(C(=O)Nc1cnccc1C)C(N)=S. The van der Waals surface area contributed by atoms with E-state index in [-0.39, 0.29) is 10.9 Å². The number of nitrogens with two attached hydrogens (primary N) is 1. The van der Waals surface area contributed by atoms with Gasteiger partial charge in [0.2, 0.25) is 5.91 Å². The summed E-state index contributed by atoms with van der Waals surface area (Å²) in [5, 5.41) is 2.81. The van der Waals surface area contributed by atoms with E-state index in [2.05, 4.69) is 10.3 Å². The summed E-state index contributed by atoms with van der Waals surface area (Å²) < 4.78 is 0. The average Bonchev–Trinajstić information content (AvgIpc) is 2.30. The first-order chi connectivity index (χ1) is 7.91. The van der Waals surface area contributed by atoms with Gasteiger partial charge in [-0.3, -0.25) is 9.78 Å². The van der Waals surface area contributed by atoms with Gasteiger partial charge in [0.05, 0.1) is 22.3 Å². The fourth-order valence-corrected chi connectivity index (χ4v) is 1.54. The van der Waals surface area contributed by atoms with Crippen LogP contribution < -0.4 is 11.1 Å². The van der Waals surface area contributed by atoms with Gasteiger partial charge in [-0.1, -0.05) is 19.1 Å². The molecule has 1 atom stereocenters. The summed E-state index contributed by atoms with van der Waals surface area (Å²) in [6.07, 6.45) is 3.86. The maximum Gasteiger partial charge on any atom is 0.237 e. The van der Waals surface area contributed by atoms with E-state index in [0.717, 1.165) is 5.56 Å². The second kappa shape index (κ2) is 5.23. The molecule has 0 radical (unpaired) electrons. The Kier molecular flexibility index (Phi) is 4.17. The number of pyridine rings is 1. The van der Waals surface area contributed by atoms with Crippen molar-refractivity contribution in [2.24, 2.45) is 11.1 Å². The molecule has 0 saturated carbocycles. The number of nitrogens with zero attached hydrogens (tertiary/aromatic N) is 1. The molecule has 17 heavy (non-hydrogen) atoms. The lowest BCUT2D eigenvalue weighted by Crippen LogP contribution is -2.43. The van der Waals surface area contributed by atoms with Gasteiger partial charge in [0, 0.05) is 6.20 Å². The monoisotopic (exact) mass is 251 g/mol. The second-order valence-corrected chi connectivity index (χ2v) is 4.63. The van der Waals surface area contributed by atoms with E-state index >= 15 is 0 Å². The summed E-state index contributed by atoms with van der Waals surface area (Å²) in [6, 6.07) is 1.83. The molecule has 0 aliphatic carbocycles. The van der Waals surface area contributed by atoms with Crippen molar-refractivity contribution in [2.75, 3.05) is 5.32 Å². The van der Waals surface area contributed by atoms with Crippen molar-refractivity contribution >= 4 is 28.8 Å². The molecule has 0 saturated heterocycles. The fourth-order valence-electron chi connectivity index (χ4n) is 1.30. The number of thiocarbonyl (C=S) groups is 1. The summed E-state index contributed by atoms with van der Waals surface area (Å²) in [5.41, 5.74) is 6.45. The van der Waals surface area contributed by atoms with E-state index in [1.54, 1.807) is 19.3 Å². The van der Waals surface area contributed by atoms with Gasteiger partial charge < -0.3 is 11.1 Å². The van der Waals surface area contributed by atoms with Crippen LogP contribution in [-0.2, 0) is 4.79 Å². The van der Waals surface area contributed by atoms with Gasteiger partial charge in [-0.15, -0.1) is 0 Å². The lowest BCUT2D eigenvalue weighted by molar-refractivity contribution is -0.121. The molecule has 0 aliphatic heterocycles. The Balaban J connectivity index is 2.93. The Morgan fingerprint density at radius 2 is 2.29 bits per heavy atom. The predicted molar refractivity (Wildman–Crippen MR) is 72.8 cm³/mol. The number of hydrogen-bond donors (Lipinski definition) is 2. The minimum atomic E-state index is -0.822. The van der Waals surface area contributed by atoms with Gasteiger partial charge in [0.1, 0.15) is 0 Å². The third kappa shape index (κ3) is 2.79. The zero-order chi connectivity index (χ0) is 13.1. The summed E-state index contributed by atoms with van der Waals surface area (Å²) in [7, 11) is 0. The molecule has 0 aliphatic rings. The molecule has 1 aromatic heterocycles. The van der Waals surface area contributed by atoms with E-state index in [1.807, 2.05) is 19.9 Å². The van der Waals surface area contributed by atoms with Crippen LogP contribution in [0.15, 0.2) is 18.5 Å². The molecule has 0 fully saturated rings. The zero-order valence-electron chi connectivity index (χ0n) is 10.3. The van der Waals surface area contributed by atoms with Gasteiger partial charge in [-0.25, -0.2) is 0 Å². The summed E-state index contributed by atoms with van der Waals surface area (Å²) >= 11 is 4.96. The quantitative estimate of drug-likeness (QED) is 0.803. The molecule has 5 heteroatoms. The summed E-state index contributed by atoms with van der Waals surface area (Å²) in [4.78, 5) is 16.3. The van der Waals surface area contributed by atoms with Crippen LogP contribution in [0.1, 0.15) is 25.8 Å². The standard InChI is InChI=1S/C12H17N3OS/c1-4-12(3,10(13)17)11(16)15-9-7-14-6-5-8(9)2/h5-7H,4H2,1-3H3,(H2,13,17)(H,15,16). The van der Waals surface area contributed by atoms with Crippen molar-refractivity contribution in [3.63, 3.8) is 0 Å². The van der Waals surface area contributed by atoms with E-state index in [9.17, 15) is 4.79 Å². The summed E-state index contributed by atoms with van der Waals surface area (Å²) in [6.45, 7) is 5.53. The molecule has 92 valence electrons. The summed E-state index contributed by atoms with van der Waals surface area (Å²) in [5.74, 6) is -0.191. The van der Waals surface area contributed by atoms with Crippen LogP contribution in [0.3, 0.4) is 0 Å². The molecule has 0 aromatic carbocycles. The molecular formula is C12H17N3OS. The number of amides is 1. The molecule has 1 aromatic rings. The first-order valence-electron chi connectivity index (χ1n) is 5.43. The van der Waals surface area contributed by atoms with E-state index in [1.165, 1.54) is 0 Å². The third-order valence-corrected chi connectivity index (χ3v) is 3.49. The Hall–Kier alpha value is -1.49. The number of carbonyl (C=O) groups excluding carboxylic acids is 1. The molecule has 0 bridgehead atoms. The van der Waals surface area contributed by atoms with Crippen LogP contribution in [0.5, 0.6) is 0 Å². The van der Waals surface area contributed by atoms with Gasteiger partial charge in [-0.2, -0.15) is 0 Å². The molecule has 1 rings (SSSR count). The number of anilines is 1. The van der Waals surface area contributed by atoms with Gasteiger partial charge >= 0.3 is 0 Å². The fraction of sp³-hybridized carbons (Fsp3) is 0.417. The van der Waals surface area contributed by atoms with E-state index in [0.29, 0.717) is 12.1 Å². The maximum absolute atomic E-state index is 12.2. The first kappa shape index (κ1) is 13.6. The highest BCUT2D eigenvalue weighted by molar-refractivity contribution is 7.80. The number of carbonyl (C=O) groups is 1. The Morgan fingerprint density at radius 3 is 2.76 bits per heavy atom. The lowest BCUT2D eigenvalue weighted by Gasteiger charge is -2.25. The van der Waals surface area contributed by atoms with Gasteiger partial charge in [-0.05, 0) is 31.9 Å². The number of hydrogen-bond acceptors (Lipinski definition) is 3. The Labute approximate surface area is 107 Å². The molecule has 1 amide bonds. The molecular weight excluding hydrogens is 234 g/mol. The molecule has 0 spiro atoms. The van der Waals surface area contributed by atoms with Crippen molar-refractivity contribution in [3.8, 4) is 0 Å². The minimum Gasteiger partial charge on any atom is -0.392 e. The topological polar surface area (TPSA) is 68.0 Å². The third-order valence-electron chi connectivity index (χ3n) is 3.04. The van der Waals surface area contributed by atoms with Crippen LogP contribution in [0, 0.1) is 12.3 Å². The van der Waals surface area contributed by atoms with E-state index < -0.39 is 5.41 Å². The largest absolute Gasteiger partial charge is 0.392 e. The normalized spacial score (nSPS) is 13.8. The molecule has 1 unspecified atom stereocenters. The van der Waals surface area contributed by atoms with Crippen molar-refractivity contribution in [1.82, 2.24) is 4.98 Å². The molecule has 1 heterocycles. The van der Waals surface area contributed by atoms with Gasteiger partial charge in [0.25, 0.3) is 0 Å². The average molecular weight is 251 g/mol. The number of rotatable bonds is 4. The zero-order valence-corrected chi connectivity index (χ0v) is 11.1. The number of nitrogens with one attached hydrogen (secondary N) is 1. The second-order valence-electron chi connectivity index (χ2n) is 4.19. The first-order valence-corrected chi connectivity index (χ1v) is 5.84. The van der Waals surface area contributed by atoms with Crippen LogP contribution >= 0.6 is 12.2 Å². The smallest absolute Gasteiger partial charge is 0.237 e. The van der Waals surface area contributed by atoms with Gasteiger partial charge in [0.15, 0.2) is 0 Å². The van der Waals surface area contributed by atoms with Crippen LogP contribution in [0.4, 0.5) is 5.69 Å². The lowest BCUT2D eigenvalue weighted by atomic mass is 9.86. The molecule has 4 nitrogen and oxygen atoms in total. The van der Waals surface area contributed by atoms with Crippen LogP contribution in [0.25, 0.3) is 0 Å². The van der Waals surface area contributed by atoms with Crippen LogP contribution in [0.2, 0.25) is 0 Å². The van der Waals surface area contributed by atoms with Crippen molar-refractivity contribution in [1.29, 1.82) is 0 Å². The Bertz CT molecular complexity index is 447. The van der Waals surface area contributed by atoms with Crippen molar-refractivity contribution < 1.29 is 4.79 Å². The maximum atomic E-state index is 12.2. The highest BCUT2D eigenvalue weighted by Crippen LogP contribution is 2.24. The molecule has 3 N–H and O–H groups in total. The highest BCUT2D eigenvalue weighted by Gasteiger charge is 2.34. The van der Waals surface area contributed by atoms with E-state index in [4.69, 9.17) is 18.0 Å². The number of aryl methyl sites for hydroxylation is 1. The van der Waals surface area contributed by atoms with Crippen LogP contribution in [-0.4, -0.2) is 15.9 Å². The highest BCUT2D eigenvalue weighted by atomic mass is 32.1.